The topological polar surface area (TPSA) is 76.7 Å². The Kier molecular flexibility index (Phi) is 5.17. The average molecular weight is 266 g/mol. The number of hydrogen-bond donors (Lipinski definition) is 2. The van der Waals surface area contributed by atoms with Crippen LogP contribution in [0.2, 0.25) is 0 Å². The van der Waals surface area contributed by atoms with Crippen molar-refractivity contribution in [1.29, 1.82) is 0 Å². The Labute approximate surface area is 112 Å². The zero-order valence-corrected chi connectivity index (χ0v) is 11.2. The molecular weight excluding hydrogens is 248 g/mol. The second kappa shape index (κ2) is 6.63. The summed E-state index contributed by atoms with van der Waals surface area (Å²) in [6.45, 7) is 3.80. The smallest absolute Gasteiger partial charge is 0.321 e. The minimum Gasteiger partial charge on any atom is -0.493 e. The van der Waals surface area contributed by atoms with E-state index in [4.69, 9.17) is 9.47 Å². The fourth-order valence-corrected chi connectivity index (χ4v) is 1.43. The summed E-state index contributed by atoms with van der Waals surface area (Å²) < 4.78 is 10.8. The van der Waals surface area contributed by atoms with Crippen LogP contribution in [0.5, 0.6) is 11.5 Å². The van der Waals surface area contributed by atoms with Crippen molar-refractivity contribution in [2.24, 2.45) is 0 Å². The zero-order chi connectivity index (χ0) is 14.3. The van der Waals surface area contributed by atoms with E-state index in [9.17, 15) is 9.59 Å². The van der Waals surface area contributed by atoms with Crippen LogP contribution in [0.25, 0.3) is 0 Å². The maximum atomic E-state index is 11.3. The van der Waals surface area contributed by atoms with Gasteiger partial charge in [-0.3, -0.25) is 10.1 Å². The Bertz CT molecular complexity index is 446. The number of hydrogen-bond acceptors (Lipinski definition) is 4. The van der Waals surface area contributed by atoms with E-state index in [0.29, 0.717) is 17.9 Å². The summed E-state index contributed by atoms with van der Waals surface area (Å²) in [5, 5.41) is 4.63. The molecule has 1 aromatic carbocycles. The van der Waals surface area contributed by atoms with Gasteiger partial charge >= 0.3 is 6.03 Å². The van der Waals surface area contributed by atoms with E-state index in [0.717, 1.165) is 0 Å². The molecule has 3 amide bonds. The highest BCUT2D eigenvalue weighted by molar-refractivity contribution is 5.84. The monoisotopic (exact) mass is 266 g/mol. The molecule has 0 aliphatic heterocycles. The predicted molar refractivity (Wildman–Crippen MR) is 70.3 cm³/mol. The molecule has 0 bridgehead atoms. The number of rotatable bonds is 6. The number of methoxy groups -OCH3 is 1. The largest absolute Gasteiger partial charge is 0.493 e. The van der Waals surface area contributed by atoms with E-state index in [1.165, 1.54) is 0 Å². The highest BCUT2D eigenvalue weighted by Crippen LogP contribution is 2.26. The average Bonchev–Trinajstić information content (AvgIpc) is 2.36. The van der Waals surface area contributed by atoms with Gasteiger partial charge in [-0.2, -0.15) is 0 Å². The van der Waals surface area contributed by atoms with E-state index < -0.39 is 11.6 Å². The van der Waals surface area contributed by atoms with Crippen LogP contribution in [0.4, 0.5) is 4.79 Å². The van der Waals surface area contributed by atoms with Crippen molar-refractivity contribution in [2.75, 3.05) is 13.7 Å². The quantitative estimate of drug-likeness (QED) is 0.761. The summed E-state index contributed by atoms with van der Waals surface area (Å²) in [5.41, 5.74) is -0.631. The molecule has 6 heteroatoms. The van der Waals surface area contributed by atoms with E-state index >= 15 is 0 Å². The van der Waals surface area contributed by atoms with Crippen molar-refractivity contribution in [3.8, 4) is 11.5 Å². The number of urea groups is 1. The van der Waals surface area contributed by atoms with Gasteiger partial charge in [0.2, 0.25) is 6.41 Å². The van der Waals surface area contributed by atoms with Gasteiger partial charge in [0.05, 0.1) is 12.6 Å². The van der Waals surface area contributed by atoms with Crippen LogP contribution in [0, 0.1) is 0 Å². The molecule has 0 atom stereocenters. The first kappa shape index (κ1) is 14.8. The number of carbonyl (C=O) groups is 2. The molecule has 0 fully saturated rings. The van der Waals surface area contributed by atoms with Crippen molar-refractivity contribution >= 4 is 12.4 Å². The molecule has 0 saturated heterocycles. The molecule has 104 valence electrons. The second-order valence-corrected chi connectivity index (χ2v) is 4.54. The molecule has 0 unspecified atom stereocenters. The van der Waals surface area contributed by atoms with Crippen molar-refractivity contribution in [3.63, 3.8) is 0 Å². The van der Waals surface area contributed by atoms with E-state index in [1.807, 2.05) is 17.4 Å². The number of ether oxygens (including phenoxy) is 2. The summed E-state index contributed by atoms with van der Waals surface area (Å²) in [7, 11) is 1.56. The predicted octanol–water partition coefficient (Wildman–Crippen LogP) is 1.31. The third-order valence-corrected chi connectivity index (χ3v) is 2.30. The van der Waals surface area contributed by atoms with E-state index in [2.05, 4.69) is 5.32 Å². The van der Waals surface area contributed by atoms with Gasteiger partial charge in [-0.15, -0.1) is 0 Å². The standard InChI is InChI=1S/C13H18N2O4/c1-13(2,15-12(17)14-9-16)8-19-11-7-5-4-6-10(11)18-3/h4-7,9H,8H2,1-3H3,(H2,14,15,16,17). The molecule has 1 aromatic rings. The Hall–Kier alpha value is -2.24. The van der Waals surface area contributed by atoms with Crippen LogP contribution in [-0.2, 0) is 4.79 Å². The maximum absolute atomic E-state index is 11.3. The van der Waals surface area contributed by atoms with Crippen LogP contribution < -0.4 is 20.1 Å². The van der Waals surface area contributed by atoms with Crippen molar-refractivity contribution < 1.29 is 19.1 Å². The lowest BCUT2D eigenvalue weighted by atomic mass is 10.1. The lowest BCUT2D eigenvalue weighted by molar-refractivity contribution is -0.108. The summed E-state index contributed by atoms with van der Waals surface area (Å²) >= 11 is 0. The van der Waals surface area contributed by atoms with E-state index in [1.54, 1.807) is 33.1 Å². The minimum absolute atomic E-state index is 0.236. The summed E-state index contributed by atoms with van der Waals surface area (Å²) in [6.07, 6.45) is 0.326. The molecule has 2 N–H and O–H groups in total. The molecule has 0 spiro atoms. The molecule has 0 saturated carbocycles. The summed E-state index contributed by atoms with van der Waals surface area (Å²) in [6, 6.07) is 6.67. The molecule has 6 nitrogen and oxygen atoms in total. The normalized spacial score (nSPS) is 10.5. The van der Waals surface area contributed by atoms with Gasteiger partial charge in [0.15, 0.2) is 11.5 Å². The van der Waals surface area contributed by atoms with Crippen molar-refractivity contribution in [1.82, 2.24) is 10.6 Å². The number of benzene rings is 1. The highest BCUT2D eigenvalue weighted by Gasteiger charge is 2.21. The van der Waals surface area contributed by atoms with Crippen LogP contribution in [0.3, 0.4) is 0 Å². The van der Waals surface area contributed by atoms with Crippen LogP contribution in [0.15, 0.2) is 24.3 Å². The first-order valence-corrected chi connectivity index (χ1v) is 5.76. The molecule has 19 heavy (non-hydrogen) atoms. The Balaban J connectivity index is 2.59. The Morgan fingerprint density at radius 2 is 1.95 bits per heavy atom. The zero-order valence-electron chi connectivity index (χ0n) is 11.2. The van der Waals surface area contributed by atoms with Gasteiger partial charge in [-0.1, -0.05) is 12.1 Å². The number of carbonyl (C=O) groups excluding carboxylic acids is 2. The molecule has 0 aliphatic carbocycles. The summed E-state index contributed by atoms with van der Waals surface area (Å²) in [4.78, 5) is 21.4. The SMILES string of the molecule is COc1ccccc1OCC(C)(C)NC(=O)NC=O. The summed E-state index contributed by atoms with van der Waals surface area (Å²) in [5.74, 6) is 1.21. The lowest BCUT2D eigenvalue weighted by Gasteiger charge is -2.26. The van der Waals surface area contributed by atoms with Gasteiger partial charge < -0.3 is 14.8 Å². The molecule has 0 radical (unpaired) electrons. The highest BCUT2D eigenvalue weighted by atomic mass is 16.5. The minimum atomic E-state index is -0.631. The van der Waals surface area contributed by atoms with Gasteiger partial charge in [-0.05, 0) is 26.0 Å². The van der Waals surface area contributed by atoms with Crippen LogP contribution >= 0.6 is 0 Å². The second-order valence-electron chi connectivity index (χ2n) is 4.54. The van der Waals surface area contributed by atoms with Crippen molar-refractivity contribution in [3.05, 3.63) is 24.3 Å². The Morgan fingerprint density at radius 3 is 2.53 bits per heavy atom. The third-order valence-electron chi connectivity index (χ3n) is 2.30. The fourth-order valence-electron chi connectivity index (χ4n) is 1.43. The van der Waals surface area contributed by atoms with Crippen molar-refractivity contribution in [2.45, 2.75) is 19.4 Å². The Morgan fingerprint density at radius 1 is 1.32 bits per heavy atom. The van der Waals surface area contributed by atoms with Crippen LogP contribution in [-0.4, -0.2) is 31.7 Å². The third kappa shape index (κ3) is 4.87. The lowest BCUT2D eigenvalue weighted by Crippen LogP contribution is -2.51. The first-order chi connectivity index (χ1) is 8.98. The molecule has 0 aromatic heterocycles. The maximum Gasteiger partial charge on any atom is 0.321 e. The number of imide groups is 1. The van der Waals surface area contributed by atoms with Gasteiger partial charge in [0.1, 0.15) is 6.61 Å². The number of amides is 3. The van der Waals surface area contributed by atoms with Crippen LogP contribution in [0.1, 0.15) is 13.8 Å². The molecule has 0 aliphatic rings. The number of nitrogens with one attached hydrogen (secondary N) is 2. The first-order valence-electron chi connectivity index (χ1n) is 5.76. The molecular formula is C13H18N2O4. The van der Waals surface area contributed by atoms with Gasteiger partial charge in [0, 0.05) is 0 Å². The van der Waals surface area contributed by atoms with E-state index in [-0.39, 0.29) is 6.61 Å². The number of para-hydroxylation sites is 2. The fraction of sp³-hybridized carbons (Fsp3) is 0.385. The molecule has 1 rings (SSSR count). The molecule has 0 heterocycles. The van der Waals surface area contributed by atoms with Gasteiger partial charge in [0.25, 0.3) is 0 Å². The van der Waals surface area contributed by atoms with Gasteiger partial charge in [-0.25, -0.2) is 4.79 Å².